The predicted octanol–water partition coefficient (Wildman–Crippen LogP) is 3.01. The van der Waals surface area contributed by atoms with E-state index in [1.165, 1.54) is 12.1 Å². The lowest BCUT2D eigenvalue weighted by Crippen LogP contribution is -2.15. The van der Waals surface area contributed by atoms with Crippen molar-refractivity contribution in [3.8, 4) is 11.5 Å². The lowest BCUT2D eigenvalue weighted by atomic mass is 10.2. The summed E-state index contributed by atoms with van der Waals surface area (Å²) in [5.41, 5.74) is 8.82. The van der Waals surface area contributed by atoms with Crippen molar-refractivity contribution < 1.29 is 13.9 Å². The second-order valence-corrected chi connectivity index (χ2v) is 5.96. The molecule has 1 atom stereocenters. The van der Waals surface area contributed by atoms with Crippen LogP contribution in [0.15, 0.2) is 36.4 Å². The molecular weight excluding hydrogens is 309 g/mol. The van der Waals surface area contributed by atoms with Crippen molar-refractivity contribution in [2.24, 2.45) is 5.73 Å². The zero-order chi connectivity index (χ0) is 16.7. The van der Waals surface area contributed by atoms with Crippen molar-refractivity contribution in [3.05, 3.63) is 53.6 Å². The average molecular weight is 327 g/mol. The molecule has 0 amide bonds. The quantitative estimate of drug-likeness (QED) is 0.803. The molecule has 1 unspecified atom stereocenters. The van der Waals surface area contributed by atoms with Crippen molar-refractivity contribution in [1.82, 2.24) is 9.55 Å². The minimum Gasteiger partial charge on any atom is -0.486 e. The highest BCUT2D eigenvalue weighted by Gasteiger charge is 2.19. The van der Waals surface area contributed by atoms with Crippen molar-refractivity contribution in [1.29, 1.82) is 0 Å². The number of nitrogens with two attached hydrogens (primary N) is 1. The highest BCUT2D eigenvalue weighted by Crippen LogP contribution is 2.35. The number of hydrogen-bond acceptors (Lipinski definition) is 4. The molecule has 124 valence electrons. The summed E-state index contributed by atoms with van der Waals surface area (Å²) < 4.78 is 26.5. The van der Waals surface area contributed by atoms with E-state index in [9.17, 15) is 4.39 Å². The van der Waals surface area contributed by atoms with E-state index in [-0.39, 0.29) is 11.9 Å². The molecule has 2 N–H and O–H groups in total. The van der Waals surface area contributed by atoms with Gasteiger partial charge in [-0.05, 0) is 24.6 Å². The van der Waals surface area contributed by atoms with Gasteiger partial charge in [-0.15, -0.1) is 0 Å². The van der Waals surface area contributed by atoms with E-state index in [1.54, 1.807) is 12.1 Å². The standard InChI is InChI=1S/C18H18FN3O2/c1-11(20)18-21-14-8-16-17(24-7-6-23-16)9-15(14)22(18)10-12-2-4-13(19)5-3-12/h2-5,8-9,11H,6-7,10,20H2,1H3. The summed E-state index contributed by atoms with van der Waals surface area (Å²) >= 11 is 0. The lowest BCUT2D eigenvalue weighted by Gasteiger charge is -2.18. The van der Waals surface area contributed by atoms with Crippen LogP contribution in [0.5, 0.6) is 11.5 Å². The van der Waals surface area contributed by atoms with Gasteiger partial charge in [-0.1, -0.05) is 12.1 Å². The van der Waals surface area contributed by atoms with Crippen LogP contribution in [0.25, 0.3) is 11.0 Å². The Balaban J connectivity index is 1.84. The molecule has 3 aromatic rings. The largest absolute Gasteiger partial charge is 0.486 e. The van der Waals surface area contributed by atoms with Crippen LogP contribution in [0.2, 0.25) is 0 Å². The van der Waals surface area contributed by atoms with Gasteiger partial charge in [-0.3, -0.25) is 0 Å². The summed E-state index contributed by atoms with van der Waals surface area (Å²) in [6.45, 7) is 3.53. The molecular formula is C18H18FN3O2. The minimum absolute atomic E-state index is 0.225. The molecule has 0 radical (unpaired) electrons. The molecule has 6 heteroatoms. The number of fused-ring (bicyclic) bond motifs is 2. The fourth-order valence-corrected chi connectivity index (χ4v) is 2.97. The van der Waals surface area contributed by atoms with Gasteiger partial charge in [-0.2, -0.15) is 0 Å². The number of benzene rings is 2. The lowest BCUT2D eigenvalue weighted by molar-refractivity contribution is 0.172. The Labute approximate surface area is 138 Å². The Hall–Kier alpha value is -2.60. The SMILES string of the molecule is CC(N)c1nc2cc3c(cc2n1Cc1ccc(F)cc1)OCCO3. The Morgan fingerprint density at radius 3 is 2.50 bits per heavy atom. The van der Waals surface area contributed by atoms with Crippen molar-refractivity contribution >= 4 is 11.0 Å². The van der Waals surface area contributed by atoms with E-state index in [0.29, 0.717) is 31.3 Å². The van der Waals surface area contributed by atoms with E-state index in [4.69, 9.17) is 15.2 Å². The van der Waals surface area contributed by atoms with Crippen molar-refractivity contribution in [2.45, 2.75) is 19.5 Å². The van der Waals surface area contributed by atoms with Crippen LogP contribution in [0, 0.1) is 5.82 Å². The van der Waals surface area contributed by atoms with Gasteiger partial charge in [-0.25, -0.2) is 9.37 Å². The third-order valence-electron chi connectivity index (χ3n) is 4.10. The van der Waals surface area contributed by atoms with Gasteiger partial charge in [0.25, 0.3) is 0 Å². The van der Waals surface area contributed by atoms with Crippen LogP contribution in [-0.4, -0.2) is 22.8 Å². The molecule has 0 saturated carbocycles. The maximum Gasteiger partial charge on any atom is 0.163 e. The normalized spacial score (nSPS) is 14.8. The van der Waals surface area contributed by atoms with Crippen LogP contribution in [-0.2, 0) is 6.54 Å². The minimum atomic E-state index is -0.249. The number of nitrogens with zero attached hydrogens (tertiary/aromatic N) is 2. The number of hydrogen-bond donors (Lipinski definition) is 1. The van der Waals surface area contributed by atoms with E-state index < -0.39 is 0 Å². The van der Waals surface area contributed by atoms with E-state index in [0.717, 1.165) is 22.4 Å². The van der Waals surface area contributed by atoms with Gasteiger partial charge in [0.2, 0.25) is 0 Å². The zero-order valence-electron chi connectivity index (χ0n) is 13.3. The first-order chi connectivity index (χ1) is 11.6. The number of halogens is 1. The fourth-order valence-electron chi connectivity index (χ4n) is 2.97. The summed E-state index contributed by atoms with van der Waals surface area (Å²) in [6.07, 6.45) is 0. The van der Waals surface area contributed by atoms with Crippen molar-refractivity contribution in [2.75, 3.05) is 13.2 Å². The molecule has 0 aliphatic carbocycles. The molecule has 5 nitrogen and oxygen atoms in total. The molecule has 0 fully saturated rings. The number of aromatic nitrogens is 2. The van der Waals surface area contributed by atoms with Crippen LogP contribution >= 0.6 is 0 Å². The first-order valence-corrected chi connectivity index (χ1v) is 7.91. The van der Waals surface area contributed by atoms with E-state index in [1.807, 2.05) is 23.6 Å². The highest BCUT2D eigenvalue weighted by molar-refractivity contribution is 5.81. The van der Waals surface area contributed by atoms with Crippen LogP contribution in [0.3, 0.4) is 0 Å². The maximum atomic E-state index is 13.1. The third-order valence-corrected chi connectivity index (χ3v) is 4.10. The topological polar surface area (TPSA) is 62.3 Å². The molecule has 2 heterocycles. The molecule has 1 aliphatic rings. The average Bonchev–Trinajstić information content (AvgIpc) is 2.93. The van der Waals surface area contributed by atoms with Gasteiger partial charge >= 0.3 is 0 Å². The Morgan fingerprint density at radius 1 is 1.17 bits per heavy atom. The second-order valence-electron chi connectivity index (χ2n) is 5.96. The summed E-state index contributed by atoms with van der Waals surface area (Å²) in [5, 5.41) is 0. The first kappa shape index (κ1) is 15.0. The van der Waals surface area contributed by atoms with Gasteiger partial charge < -0.3 is 19.8 Å². The van der Waals surface area contributed by atoms with E-state index in [2.05, 4.69) is 4.98 Å². The van der Waals surface area contributed by atoms with Gasteiger partial charge in [0.05, 0.1) is 17.1 Å². The highest BCUT2D eigenvalue weighted by atomic mass is 19.1. The third kappa shape index (κ3) is 2.59. The Morgan fingerprint density at radius 2 is 1.83 bits per heavy atom. The zero-order valence-corrected chi connectivity index (χ0v) is 13.3. The number of rotatable bonds is 3. The summed E-state index contributed by atoms with van der Waals surface area (Å²) in [5.74, 6) is 1.94. The second kappa shape index (κ2) is 5.79. The smallest absolute Gasteiger partial charge is 0.163 e. The summed E-state index contributed by atoms with van der Waals surface area (Å²) in [6, 6.07) is 10.0. The van der Waals surface area contributed by atoms with Gasteiger partial charge in [0, 0.05) is 18.7 Å². The van der Waals surface area contributed by atoms with Crippen LogP contribution in [0.4, 0.5) is 4.39 Å². The predicted molar refractivity (Wildman–Crippen MR) is 88.8 cm³/mol. The summed E-state index contributed by atoms with van der Waals surface area (Å²) in [4.78, 5) is 4.66. The number of imidazole rings is 1. The van der Waals surface area contributed by atoms with Crippen LogP contribution < -0.4 is 15.2 Å². The molecule has 24 heavy (non-hydrogen) atoms. The molecule has 4 rings (SSSR count). The molecule has 0 bridgehead atoms. The molecule has 2 aromatic carbocycles. The van der Waals surface area contributed by atoms with Crippen molar-refractivity contribution in [3.63, 3.8) is 0 Å². The molecule has 1 aliphatic heterocycles. The maximum absolute atomic E-state index is 13.1. The Bertz CT molecular complexity index is 887. The van der Waals surface area contributed by atoms with Crippen LogP contribution in [0.1, 0.15) is 24.4 Å². The van der Waals surface area contributed by atoms with E-state index >= 15 is 0 Å². The monoisotopic (exact) mass is 327 g/mol. The van der Waals surface area contributed by atoms with Gasteiger partial charge in [0.15, 0.2) is 11.5 Å². The molecule has 0 saturated heterocycles. The van der Waals surface area contributed by atoms with Gasteiger partial charge in [0.1, 0.15) is 24.9 Å². The first-order valence-electron chi connectivity index (χ1n) is 7.91. The number of ether oxygens (including phenoxy) is 2. The molecule has 1 aromatic heterocycles. The summed E-state index contributed by atoms with van der Waals surface area (Å²) in [7, 11) is 0. The fraction of sp³-hybridized carbons (Fsp3) is 0.278. The molecule has 0 spiro atoms. The Kier molecular flexibility index (Phi) is 3.61.